The number of aryl methyl sites for hydroxylation is 1. The average molecular weight is 436 g/mol. The largest absolute Gasteiger partial charge is 0.867 e. The van der Waals surface area contributed by atoms with Crippen LogP contribution in [0.1, 0.15) is 22.3 Å². The van der Waals surface area contributed by atoms with Crippen LogP contribution in [-0.2, 0) is 13.2 Å². The van der Waals surface area contributed by atoms with Gasteiger partial charge in [-0.25, -0.2) is 0 Å². The minimum Gasteiger partial charge on any atom is -0.867 e. The lowest BCUT2D eigenvalue weighted by atomic mass is 10.1. The van der Waals surface area contributed by atoms with Crippen molar-refractivity contribution in [2.75, 3.05) is 0 Å². The van der Waals surface area contributed by atoms with Gasteiger partial charge in [0.05, 0.1) is 11.5 Å². The van der Waals surface area contributed by atoms with Gasteiger partial charge in [0, 0.05) is 29.8 Å². The molecule has 0 saturated carbocycles. The third kappa shape index (κ3) is 5.30. The second kappa shape index (κ2) is 9.92. The number of aromatic nitrogens is 1. The Labute approximate surface area is 185 Å². The first-order chi connectivity index (χ1) is 14.9. The fraction of sp³-hybridized carbons (Fsp3) is 0.130. The summed E-state index contributed by atoms with van der Waals surface area (Å²) in [6, 6.07) is 17.3. The number of nitrogens with one attached hydrogen (secondary N) is 1. The second-order valence-electron chi connectivity index (χ2n) is 6.88. The molecule has 1 heterocycles. The van der Waals surface area contributed by atoms with Crippen molar-refractivity contribution < 1.29 is 19.7 Å². The van der Waals surface area contributed by atoms with Gasteiger partial charge in [-0.2, -0.15) is 4.57 Å². The maximum atomic E-state index is 13.4. The van der Waals surface area contributed by atoms with E-state index in [4.69, 9.17) is 12.2 Å². The number of hydrogen-bond donors (Lipinski definition) is 2. The van der Waals surface area contributed by atoms with Crippen LogP contribution in [-0.4, -0.2) is 15.0 Å². The standard InChI is InChI=1S/C23H21N3O4S/c1-16-9-10-19(12-20(16)26(29)30)22(28)21(25-11-5-8-18(14-25)15-27)23(31)24-13-17-6-3-2-4-7-17/h2-12,14,27H,13,15H2,1H3,(H-,24,28,31). The van der Waals surface area contributed by atoms with Crippen molar-refractivity contribution in [3.63, 3.8) is 0 Å². The molecule has 0 unspecified atom stereocenters. The van der Waals surface area contributed by atoms with E-state index in [9.17, 15) is 20.3 Å². The van der Waals surface area contributed by atoms with Crippen molar-refractivity contribution in [1.29, 1.82) is 0 Å². The molecular formula is C23H21N3O4S. The number of aliphatic hydroxyl groups excluding tert-OH is 1. The Morgan fingerprint density at radius 2 is 1.84 bits per heavy atom. The summed E-state index contributed by atoms with van der Waals surface area (Å²) in [5, 5.41) is 37.3. The molecule has 0 bridgehead atoms. The minimum absolute atomic E-state index is 0.137. The van der Waals surface area contributed by atoms with E-state index in [1.807, 2.05) is 30.3 Å². The zero-order chi connectivity index (χ0) is 22.4. The van der Waals surface area contributed by atoms with Crippen LogP contribution in [0.4, 0.5) is 5.69 Å². The molecule has 0 atom stereocenters. The van der Waals surface area contributed by atoms with Crippen LogP contribution in [0.3, 0.4) is 0 Å². The number of thiocarbonyl (C=S) groups is 1. The molecule has 8 heteroatoms. The Hall–Kier alpha value is -3.62. The van der Waals surface area contributed by atoms with E-state index < -0.39 is 10.7 Å². The van der Waals surface area contributed by atoms with Crippen LogP contribution >= 0.6 is 12.2 Å². The van der Waals surface area contributed by atoms with Crippen molar-refractivity contribution in [3.8, 4) is 0 Å². The van der Waals surface area contributed by atoms with E-state index in [1.165, 1.54) is 16.7 Å². The zero-order valence-corrected chi connectivity index (χ0v) is 17.6. The third-order valence-corrected chi connectivity index (χ3v) is 5.03. The fourth-order valence-electron chi connectivity index (χ4n) is 3.04. The van der Waals surface area contributed by atoms with E-state index in [0.717, 1.165) is 5.56 Å². The molecule has 0 spiro atoms. The Morgan fingerprint density at radius 3 is 2.52 bits per heavy atom. The lowest BCUT2D eigenvalue weighted by molar-refractivity contribution is -0.578. The lowest BCUT2D eigenvalue weighted by Crippen LogP contribution is -2.42. The highest BCUT2D eigenvalue weighted by molar-refractivity contribution is 7.81. The molecule has 3 rings (SSSR count). The predicted molar refractivity (Wildman–Crippen MR) is 119 cm³/mol. The summed E-state index contributed by atoms with van der Waals surface area (Å²) in [7, 11) is 0. The van der Waals surface area contributed by atoms with Gasteiger partial charge in [-0.05, 0) is 29.9 Å². The molecule has 7 nitrogen and oxygen atoms in total. The highest BCUT2D eigenvalue weighted by Gasteiger charge is 2.21. The van der Waals surface area contributed by atoms with Crippen molar-refractivity contribution in [3.05, 3.63) is 105 Å². The highest BCUT2D eigenvalue weighted by atomic mass is 32.1. The van der Waals surface area contributed by atoms with Crippen LogP contribution in [0.15, 0.2) is 73.1 Å². The van der Waals surface area contributed by atoms with E-state index in [2.05, 4.69) is 5.32 Å². The zero-order valence-electron chi connectivity index (χ0n) is 16.8. The molecule has 0 radical (unpaired) electrons. The van der Waals surface area contributed by atoms with Crippen LogP contribution in [0.25, 0.3) is 11.5 Å². The number of nitro groups is 1. The number of nitro benzene ring substituents is 1. The molecule has 3 aromatic rings. The number of nitrogens with zero attached hydrogens (tertiary/aromatic N) is 2. The van der Waals surface area contributed by atoms with Gasteiger partial charge in [-0.3, -0.25) is 10.1 Å². The second-order valence-corrected chi connectivity index (χ2v) is 7.29. The third-order valence-electron chi connectivity index (χ3n) is 4.70. The maximum absolute atomic E-state index is 13.4. The van der Waals surface area contributed by atoms with Crippen molar-refractivity contribution in [2.24, 2.45) is 0 Å². The Morgan fingerprint density at radius 1 is 1.13 bits per heavy atom. The van der Waals surface area contributed by atoms with Crippen LogP contribution < -0.4 is 15.0 Å². The molecule has 0 aliphatic carbocycles. The molecule has 1 aromatic heterocycles. The first kappa shape index (κ1) is 22.1. The number of benzene rings is 2. The highest BCUT2D eigenvalue weighted by Crippen LogP contribution is 2.23. The smallest absolute Gasteiger partial charge is 0.272 e. The molecule has 0 saturated heterocycles. The summed E-state index contributed by atoms with van der Waals surface area (Å²) >= 11 is 5.54. The lowest BCUT2D eigenvalue weighted by Gasteiger charge is -2.17. The van der Waals surface area contributed by atoms with Gasteiger partial charge in [-0.1, -0.05) is 54.7 Å². The van der Waals surface area contributed by atoms with Gasteiger partial charge >= 0.3 is 0 Å². The number of pyridine rings is 1. The van der Waals surface area contributed by atoms with Crippen LogP contribution in [0.2, 0.25) is 0 Å². The number of aliphatic hydroxyl groups is 1. The Bertz CT molecular complexity index is 1150. The molecule has 31 heavy (non-hydrogen) atoms. The van der Waals surface area contributed by atoms with Crippen molar-refractivity contribution in [1.82, 2.24) is 5.32 Å². The van der Waals surface area contributed by atoms with Gasteiger partial charge in [0.25, 0.3) is 5.69 Å². The molecule has 158 valence electrons. The Kier molecular flexibility index (Phi) is 7.07. The van der Waals surface area contributed by atoms with Gasteiger partial charge in [-0.15, -0.1) is 0 Å². The summed E-state index contributed by atoms with van der Waals surface area (Å²) in [6.07, 6.45) is 3.25. The summed E-state index contributed by atoms with van der Waals surface area (Å²) in [6.45, 7) is 1.82. The molecule has 0 aliphatic rings. The van der Waals surface area contributed by atoms with E-state index >= 15 is 0 Å². The molecule has 0 aliphatic heterocycles. The van der Waals surface area contributed by atoms with Crippen LogP contribution in [0, 0.1) is 17.0 Å². The Balaban J connectivity index is 2.07. The summed E-state index contributed by atoms with van der Waals surface area (Å²) in [4.78, 5) is 11.0. The molecular weight excluding hydrogens is 414 g/mol. The first-order valence-electron chi connectivity index (χ1n) is 9.51. The normalized spacial score (nSPS) is 11.5. The van der Waals surface area contributed by atoms with Gasteiger partial charge in [0.2, 0.25) is 5.70 Å². The van der Waals surface area contributed by atoms with E-state index in [0.29, 0.717) is 17.7 Å². The summed E-state index contributed by atoms with van der Waals surface area (Å²) in [5.74, 6) is -0.464. The number of rotatable bonds is 7. The monoisotopic (exact) mass is 435 g/mol. The van der Waals surface area contributed by atoms with Gasteiger partial charge in [0.15, 0.2) is 17.4 Å². The van der Waals surface area contributed by atoms with Gasteiger partial charge < -0.3 is 15.5 Å². The molecule has 0 amide bonds. The van der Waals surface area contributed by atoms with Gasteiger partial charge in [0.1, 0.15) is 0 Å². The topological polar surface area (TPSA) is 102 Å². The van der Waals surface area contributed by atoms with Crippen molar-refractivity contribution in [2.45, 2.75) is 20.1 Å². The minimum atomic E-state index is -0.517. The maximum Gasteiger partial charge on any atom is 0.272 e. The SMILES string of the molecule is Cc1ccc(C([O-])=C(C(=S)NCc2ccccc2)[n+]2cccc(CO)c2)cc1[N+](=O)[O-]. The number of hydrogen-bond acceptors (Lipinski definition) is 5. The first-order valence-corrected chi connectivity index (χ1v) is 9.91. The molecule has 0 fully saturated rings. The summed E-state index contributed by atoms with van der Waals surface area (Å²) in [5.41, 5.74) is 2.19. The van der Waals surface area contributed by atoms with Crippen LogP contribution in [0.5, 0.6) is 0 Å². The molecule has 2 aromatic carbocycles. The van der Waals surface area contributed by atoms with Crippen molar-refractivity contribution >= 4 is 34.3 Å². The molecule has 2 N–H and O–H groups in total. The van der Waals surface area contributed by atoms with E-state index in [-0.39, 0.29) is 28.5 Å². The van der Waals surface area contributed by atoms with E-state index in [1.54, 1.807) is 37.5 Å². The predicted octanol–water partition coefficient (Wildman–Crippen LogP) is 2.49. The quantitative estimate of drug-likeness (QED) is 0.148. The fourth-order valence-corrected chi connectivity index (χ4v) is 3.31. The average Bonchev–Trinajstić information content (AvgIpc) is 2.78. The summed E-state index contributed by atoms with van der Waals surface area (Å²) < 4.78 is 1.53.